The van der Waals surface area contributed by atoms with E-state index in [0.717, 1.165) is 0 Å². The predicted octanol–water partition coefficient (Wildman–Crippen LogP) is 4.11. The molecule has 1 heterocycles. The third-order valence-corrected chi connectivity index (χ3v) is 14.6. The molecule has 3 aromatic carbocycles. The van der Waals surface area contributed by atoms with Crippen molar-refractivity contribution in [2.75, 3.05) is 0 Å². The van der Waals surface area contributed by atoms with Gasteiger partial charge in [-0.3, -0.25) is 0 Å². The van der Waals surface area contributed by atoms with E-state index in [0.29, 0.717) is 0 Å². The quantitative estimate of drug-likeness (QED) is 0.359. The number of rotatable bonds is 4. The second kappa shape index (κ2) is 6.58. The molecule has 0 bridgehead atoms. The third-order valence-electron chi connectivity index (χ3n) is 4.67. The Bertz CT molecular complexity index is 936. The van der Waals surface area contributed by atoms with Crippen LogP contribution in [-0.2, 0) is 0 Å². The van der Waals surface area contributed by atoms with E-state index in [9.17, 15) is 0 Å². The summed E-state index contributed by atoms with van der Waals surface area (Å²) in [5, 5.41) is 0. The summed E-state index contributed by atoms with van der Waals surface area (Å²) in [6, 6.07) is 22.6. The van der Waals surface area contributed by atoms with Gasteiger partial charge in [0.05, 0.1) is 0 Å². The standard InChI is InChI=1S/C16H12.C8H7.Bi/c1-3-13-7-5-9-15(11-13)16-10-6-8-14(4-2)12-16;1-2-8-6-4-3-5-7-8;/h3-8,11-12H,1-2H2;2,4-7H,1H2;. The molecule has 0 N–H and O–H groups in total. The molecule has 4 rings (SSSR count). The van der Waals surface area contributed by atoms with Crippen LogP contribution in [0.3, 0.4) is 0 Å². The first-order valence-electron chi connectivity index (χ1n) is 8.31. The molecule has 3 aromatic rings. The fourth-order valence-corrected chi connectivity index (χ4v) is 13.3. The summed E-state index contributed by atoms with van der Waals surface area (Å²) in [6.45, 7) is 11.7. The van der Waals surface area contributed by atoms with Gasteiger partial charge in [-0.1, -0.05) is 0 Å². The Morgan fingerprint density at radius 3 is 1.44 bits per heavy atom. The molecule has 0 aliphatic carbocycles. The Hall–Kier alpha value is -2.24. The molecule has 1 heteroatoms. The van der Waals surface area contributed by atoms with Gasteiger partial charge in [-0.2, -0.15) is 0 Å². The van der Waals surface area contributed by atoms with Gasteiger partial charge in [0.25, 0.3) is 0 Å². The Morgan fingerprint density at radius 1 is 0.560 bits per heavy atom. The zero-order chi connectivity index (χ0) is 17.4. The topological polar surface area (TPSA) is 0 Å². The van der Waals surface area contributed by atoms with E-state index in [1.54, 1.807) is 6.54 Å². The van der Waals surface area contributed by atoms with Crippen molar-refractivity contribution in [3.63, 3.8) is 0 Å². The average Bonchev–Trinajstić information content (AvgIpc) is 3.00. The molecule has 1 aliphatic heterocycles. The van der Waals surface area contributed by atoms with Crippen LogP contribution in [0, 0.1) is 0 Å². The van der Waals surface area contributed by atoms with Gasteiger partial charge in [0.2, 0.25) is 0 Å². The first kappa shape index (κ1) is 16.2. The van der Waals surface area contributed by atoms with Gasteiger partial charge in [0, 0.05) is 0 Å². The van der Waals surface area contributed by atoms with Gasteiger partial charge < -0.3 is 0 Å². The van der Waals surface area contributed by atoms with Crippen LogP contribution in [0.2, 0.25) is 0 Å². The van der Waals surface area contributed by atoms with E-state index in [4.69, 9.17) is 0 Å². The van der Waals surface area contributed by atoms with E-state index in [-0.39, 0.29) is 0 Å². The average molecular weight is 516 g/mol. The maximum atomic E-state index is 3.93. The minimum atomic E-state index is -2.22. The SMILES string of the molecule is C=Cc1cc[c]([Bi]2[c]3ccc(C=C)cc3-c3cc(C=C)cc[c]32)cc1. The zero-order valence-electron chi connectivity index (χ0n) is 14.1. The molecule has 0 saturated carbocycles. The van der Waals surface area contributed by atoms with Crippen LogP contribution >= 0.6 is 0 Å². The Morgan fingerprint density at radius 2 is 1.00 bits per heavy atom. The monoisotopic (exact) mass is 516 g/mol. The molecular weight excluding hydrogens is 497 g/mol. The van der Waals surface area contributed by atoms with Crippen LogP contribution in [-0.4, -0.2) is 21.8 Å². The molecule has 0 radical (unpaired) electrons. The second-order valence-electron chi connectivity index (χ2n) is 6.09. The fraction of sp³-hybridized carbons (Fsp3) is 0. The molecule has 120 valence electrons. The van der Waals surface area contributed by atoms with Gasteiger partial charge in [-0.25, -0.2) is 0 Å². The summed E-state index contributed by atoms with van der Waals surface area (Å²) < 4.78 is 4.63. The minimum absolute atomic E-state index is 1.18. The van der Waals surface area contributed by atoms with Crippen molar-refractivity contribution in [1.29, 1.82) is 0 Å². The van der Waals surface area contributed by atoms with Crippen molar-refractivity contribution < 1.29 is 0 Å². The number of hydrogen-bond acceptors (Lipinski definition) is 0. The molecule has 0 aromatic heterocycles. The van der Waals surface area contributed by atoms with Crippen LogP contribution in [0.5, 0.6) is 0 Å². The van der Waals surface area contributed by atoms with Crippen LogP contribution in [0.4, 0.5) is 0 Å². The van der Waals surface area contributed by atoms with Gasteiger partial charge in [-0.05, 0) is 0 Å². The van der Waals surface area contributed by atoms with Gasteiger partial charge >= 0.3 is 158 Å². The predicted molar refractivity (Wildman–Crippen MR) is 113 cm³/mol. The summed E-state index contributed by atoms with van der Waals surface area (Å²) in [6.07, 6.45) is 5.76. The molecule has 0 unspecified atom stereocenters. The van der Waals surface area contributed by atoms with E-state index >= 15 is 0 Å². The van der Waals surface area contributed by atoms with Crippen molar-refractivity contribution in [2.45, 2.75) is 0 Å². The van der Waals surface area contributed by atoms with E-state index in [2.05, 4.69) is 80.4 Å². The molecule has 0 nitrogen and oxygen atoms in total. The molecule has 1 aliphatic rings. The Kier molecular flexibility index (Phi) is 4.27. The molecule has 0 fully saturated rings. The molecule has 0 saturated heterocycles. The van der Waals surface area contributed by atoms with Crippen molar-refractivity contribution in [3.8, 4) is 11.1 Å². The molecule has 0 amide bonds. The van der Waals surface area contributed by atoms with Crippen LogP contribution in [0.1, 0.15) is 16.7 Å². The number of benzene rings is 3. The Balaban J connectivity index is 1.95. The van der Waals surface area contributed by atoms with Crippen molar-refractivity contribution in [1.82, 2.24) is 0 Å². The van der Waals surface area contributed by atoms with Gasteiger partial charge in [0.15, 0.2) is 0 Å². The van der Waals surface area contributed by atoms with Gasteiger partial charge in [0.1, 0.15) is 0 Å². The molecular formula is C24H19Bi. The number of fused-ring (bicyclic) bond motifs is 3. The molecule has 25 heavy (non-hydrogen) atoms. The summed E-state index contributed by atoms with van der Waals surface area (Å²) >= 11 is -2.22. The van der Waals surface area contributed by atoms with Crippen molar-refractivity contribution >= 4 is 49.8 Å². The summed E-state index contributed by atoms with van der Waals surface area (Å²) in [7, 11) is 0. The van der Waals surface area contributed by atoms with Crippen LogP contribution in [0.25, 0.3) is 29.4 Å². The van der Waals surface area contributed by atoms with Crippen molar-refractivity contribution in [2.24, 2.45) is 0 Å². The Labute approximate surface area is 157 Å². The molecule has 0 atom stereocenters. The van der Waals surface area contributed by atoms with Crippen LogP contribution < -0.4 is 9.81 Å². The maximum absolute atomic E-state index is 3.93. The summed E-state index contributed by atoms with van der Waals surface area (Å²) in [4.78, 5) is 0. The first-order chi connectivity index (χ1) is 12.2. The van der Waals surface area contributed by atoms with E-state index < -0.39 is 21.8 Å². The van der Waals surface area contributed by atoms with E-state index in [1.165, 1.54) is 31.1 Å². The van der Waals surface area contributed by atoms with Crippen molar-refractivity contribution in [3.05, 3.63) is 97.1 Å². The van der Waals surface area contributed by atoms with Crippen LogP contribution in [0.15, 0.2) is 80.4 Å². The second-order valence-corrected chi connectivity index (χ2v) is 14.5. The van der Waals surface area contributed by atoms with Gasteiger partial charge in [-0.15, -0.1) is 0 Å². The van der Waals surface area contributed by atoms with E-state index in [1.807, 2.05) is 18.2 Å². The molecule has 0 spiro atoms. The first-order valence-corrected chi connectivity index (χ1v) is 13.5. The summed E-state index contributed by atoms with van der Waals surface area (Å²) in [5.41, 5.74) is 6.32. The third kappa shape index (κ3) is 2.73. The normalized spacial score (nSPS) is 12.3. The summed E-state index contributed by atoms with van der Waals surface area (Å²) in [5.74, 6) is 0. The zero-order valence-corrected chi connectivity index (χ0v) is 17.6. The fourth-order valence-electron chi connectivity index (χ4n) is 3.35. The number of hydrogen-bond donors (Lipinski definition) is 0.